The maximum Gasteiger partial charge on any atom is 0.274 e. The summed E-state index contributed by atoms with van der Waals surface area (Å²) in [6, 6.07) is 1.76. The summed E-state index contributed by atoms with van der Waals surface area (Å²) in [4.78, 5) is 29.7. The molecule has 3 saturated carbocycles. The van der Waals surface area contributed by atoms with Gasteiger partial charge in [-0.3, -0.25) is 14.3 Å². The molecule has 6 rings (SSSR count). The topological polar surface area (TPSA) is 78.7 Å². The lowest BCUT2D eigenvalue weighted by atomic mass is 9.47. The van der Waals surface area contributed by atoms with Crippen molar-refractivity contribution >= 4 is 11.8 Å². The Morgan fingerprint density at radius 1 is 1.05 bits per heavy atom. The molecule has 1 unspecified atom stereocenters. The Morgan fingerprint density at radius 3 is 2.52 bits per heavy atom. The van der Waals surface area contributed by atoms with Crippen LogP contribution in [-0.2, 0) is 11.8 Å². The number of carbonyl (C=O) groups is 2. The van der Waals surface area contributed by atoms with Crippen LogP contribution in [-0.4, -0.2) is 68.8 Å². The van der Waals surface area contributed by atoms with Gasteiger partial charge < -0.3 is 14.9 Å². The first-order chi connectivity index (χ1) is 19.1. The molecule has 8 atom stereocenters. The molecule has 0 spiro atoms. The van der Waals surface area contributed by atoms with E-state index in [0.29, 0.717) is 61.0 Å². The zero-order chi connectivity index (χ0) is 28.2. The van der Waals surface area contributed by atoms with Crippen LogP contribution in [0.3, 0.4) is 0 Å². The van der Waals surface area contributed by atoms with Gasteiger partial charge in [0, 0.05) is 45.8 Å². The standard InChI is InChI=1S/C33H50N4O3/c1-22(5-10-30(39)36-17-19-37(20-18-36)31(40)29-13-16-35(4)34-29)26-8-9-27-25-7-6-23-21-24(38)11-14-32(23,2)28(25)12-15-33(26,27)3/h6,13,16,22,24-28,38H,5,7-12,14-15,17-21H2,1-4H3/t22?,24-,25-,26+,27-,28-,32-,33+/m0/s1. The predicted molar refractivity (Wildman–Crippen MR) is 155 cm³/mol. The summed E-state index contributed by atoms with van der Waals surface area (Å²) in [5, 5.41) is 14.5. The highest BCUT2D eigenvalue weighted by atomic mass is 16.3. The zero-order valence-electron chi connectivity index (χ0n) is 25.1. The number of allylic oxidation sites excluding steroid dienone is 1. The number of hydrogen-bond donors (Lipinski definition) is 1. The van der Waals surface area contributed by atoms with Crippen molar-refractivity contribution in [2.45, 2.75) is 91.1 Å². The van der Waals surface area contributed by atoms with Gasteiger partial charge in [-0.1, -0.05) is 32.4 Å². The molecule has 7 heteroatoms. The highest BCUT2D eigenvalue weighted by molar-refractivity contribution is 5.92. The van der Waals surface area contributed by atoms with Gasteiger partial charge in [-0.2, -0.15) is 5.10 Å². The molecule has 1 aromatic rings. The molecule has 1 aliphatic heterocycles. The second-order valence-corrected chi connectivity index (χ2v) is 14.4. The Balaban J connectivity index is 1.02. The minimum absolute atomic E-state index is 0.0418. The average molecular weight is 551 g/mol. The van der Waals surface area contributed by atoms with Gasteiger partial charge in [-0.05, 0) is 104 Å². The molecule has 5 aliphatic rings. The second-order valence-electron chi connectivity index (χ2n) is 14.4. The number of rotatable bonds is 5. The molecule has 2 amide bonds. The Morgan fingerprint density at radius 2 is 1.80 bits per heavy atom. The van der Waals surface area contributed by atoms with Crippen LogP contribution in [0.1, 0.15) is 95.5 Å². The van der Waals surface area contributed by atoms with Gasteiger partial charge in [0.25, 0.3) is 5.91 Å². The Labute approximate surface area is 240 Å². The number of aromatic nitrogens is 2. The monoisotopic (exact) mass is 550 g/mol. The SMILES string of the molecule is CC(CCC(=O)N1CCN(C(=O)c2ccn(C)n2)CC1)[C@H]1CC[C@H]2[C@@H]3CC=C4C[C@@H](O)CC[C@]4(C)[C@H]3CC[C@]12C. The lowest BCUT2D eigenvalue weighted by molar-refractivity contribution is -0.133. The maximum atomic E-state index is 13.2. The molecule has 0 bridgehead atoms. The van der Waals surface area contributed by atoms with Crippen molar-refractivity contribution in [2.24, 2.45) is 47.5 Å². The van der Waals surface area contributed by atoms with Crippen molar-refractivity contribution in [3.8, 4) is 0 Å². The van der Waals surface area contributed by atoms with E-state index in [0.717, 1.165) is 43.4 Å². The summed E-state index contributed by atoms with van der Waals surface area (Å²) in [6.07, 6.45) is 15.3. The van der Waals surface area contributed by atoms with Gasteiger partial charge in [-0.15, -0.1) is 0 Å². The summed E-state index contributed by atoms with van der Waals surface area (Å²) < 4.78 is 1.65. The Kier molecular flexibility index (Phi) is 7.42. The number of aliphatic hydroxyl groups excluding tert-OH is 1. The molecule has 4 aliphatic carbocycles. The minimum atomic E-state index is -0.137. The van der Waals surface area contributed by atoms with E-state index in [1.165, 1.54) is 32.1 Å². The van der Waals surface area contributed by atoms with Crippen LogP contribution in [0, 0.1) is 40.4 Å². The second kappa shape index (κ2) is 10.6. The largest absolute Gasteiger partial charge is 0.393 e. The molecule has 220 valence electrons. The minimum Gasteiger partial charge on any atom is -0.393 e. The smallest absolute Gasteiger partial charge is 0.274 e. The van der Waals surface area contributed by atoms with Gasteiger partial charge in [0.1, 0.15) is 5.69 Å². The van der Waals surface area contributed by atoms with Crippen molar-refractivity contribution in [3.05, 3.63) is 29.6 Å². The third kappa shape index (κ3) is 4.74. The number of fused-ring (bicyclic) bond motifs is 5. The van der Waals surface area contributed by atoms with Crippen LogP contribution in [0.25, 0.3) is 0 Å². The zero-order valence-corrected chi connectivity index (χ0v) is 25.1. The van der Waals surface area contributed by atoms with Gasteiger partial charge in [0.15, 0.2) is 0 Å². The van der Waals surface area contributed by atoms with E-state index >= 15 is 0 Å². The average Bonchev–Trinajstić information content (AvgIpc) is 3.54. The van der Waals surface area contributed by atoms with E-state index in [-0.39, 0.29) is 17.9 Å². The molecule has 1 saturated heterocycles. The number of aliphatic hydroxyl groups is 1. The van der Waals surface area contributed by atoms with Crippen LogP contribution in [0.2, 0.25) is 0 Å². The molecule has 40 heavy (non-hydrogen) atoms. The van der Waals surface area contributed by atoms with Gasteiger partial charge in [-0.25, -0.2) is 0 Å². The molecular weight excluding hydrogens is 500 g/mol. The van der Waals surface area contributed by atoms with Crippen LogP contribution >= 0.6 is 0 Å². The molecule has 0 radical (unpaired) electrons. The summed E-state index contributed by atoms with van der Waals surface area (Å²) >= 11 is 0. The number of aryl methyl sites for hydroxylation is 1. The van der Waals surface area contributed by atoms with E-state index in [1.54, 1.807) is 22.5 Å². The van der Waals surface area contributed by atoms with Crippen molar-refractivity contribution in [1.29, 1.82) is 0 Å². The fourth-order valence-electron chi connectivity index (χ4n) is 10.2. The van der Waals surface area contributed by atoms with Crippen LogP contribution in [0.4, 0.5) is 0 Å². The van der Waals surface area contributed by atoms with E-state index in [2.05, 4.69) is 31.9 Å². The van der Waals surface area contributed by atoms with Gasteiger partial charge in [0.05, 0.1) is 6.10 Å². The fraction of sp³-hybridized carbons (Fsp3) is 0.788. The van der Waals surface area contributed by atoms with Crippen LogP contribution in [0.5, 0.6) is 0 Å². The van der Waals surface area contributed by atoms with E-state index in [9.17, 15) is 14.7 Å². The highest BCUT2D eigenvalue weighted by Gasteiger charge is 2.59. The normalized spacial score (nSPS) is 38.2. The van der Waals surface area contributed by atoms with Crippen LogP contribution in [0.15, 0.2) is 23.9 Å². The highest BCUT2D eigenvalue weighted by Crippen LogP contribution is 2.67. The summed E-state index contributed by atoms with van der Waals surface area (Å²) in [5.41, 5.74) is 2.72. The lowest BCUT2D eigenvalue weighted by Crippen LogP contribution is -2.51. The van der Waals surface area contributed by atoms with Crippen molar-refractivity contribution < 1.29 is 14.7 Å². The third-order valence-corrected chi connectivity index (χ3v) is 12.5. The summed E-state index contributed by atoms with van der Waals surface area (Å²) in [6.45, 7) is 9.90. The van der Waals surface area contributed by atoms with E-state index < -0.39 is 0 Å². The molecule has 1 N–H and O–H groups in total. The third-order valence-electron chi connectivity index (χ3n) is 12.5. The number of nitrogens with zero attached hydrogens (tertiary/aromatic N) is 4. The first-order valence-electron chi connectivity index (χ1n) is 16.0. The van der Waals surface area contributed by atoms with Crippen molar-refractivity contribution in [3.63, 3.8) is 0 Å². The molecule has 0 aromatic carbocycles. The van der Waals surface area contributed by atoms with Crippen LogP contribution < -0.4 is 0 Å². The number of amides is 2. The predicted octanol–water partition coefficient (Wildman–Crippen LogP) is 5.06. The first kappa shape index (κ1) is 28.0. The quantitative estimate of drug-likeness (QED) is 0.520. The summed E-state index contributed by atoms with van der Waals surface area (Å²) in [5.74, 6) is 3.81. The summed E-state index contributed by atoms with van der Waals surface area (Å²) in [7, 11) is 1.82. The Bertz CT molecular complexity index is 1150. The lowest BCUT2D eigenvalue weighted by Gasteiger charge is -2.58. The van der Waals surface area contributed by atoms with Gasteiger partial charge >= 0.3 is 0 Å². The fourth-order valence-corrected chi connectivity index (χ4v) is 10.2. The first-order valence-corrected chi connectivity index (χ1v) is 16.0. The molecule has 2 heterocycles. The van der Waals surface area contributed by atoms with E-state index in [4.69, 9.17) is 0 Å². The molecular formula is C33H50N4O3. The maximum absolute atomic E-state index is 13.2. The Hall–Kier alpha value is -2.15. The molecule has 7 nitrogen and oxygen atoms in total. The number of hydrogen-bond acceptors (Lipinski definition) is 4. The van der Waals surface area contributed by atoms with E-state index in [1.807, 2.05) is 16.8 Å². The van der Waals surface area contributed by atoms with Crippen molar-refractivity contribution in [1.82, 2.24) is 19.6 Å². The molecule has 1 aromatic heterocycles. The van der Waals surface area contributed by atoms with Gasteiger partial charge in [0.2, 0.25) is 5.91 Å². The number of carbonyl (C=O) groups excluding carboxylic acids is 2. The number of piperazine rings is 1. The molecule has 4 fully saturated rings. The van der Waals surface area contributed by atoms with Crippen molar-refractivity contribution in [2.75, 3.05) is 26.2 Å².